The summed E-state index contributed by atoms with van der Waals surface area (Å²) in [6.45, 7) is 10.1. The van der Waals surface area contributed by atoms with Crippen molar-refractivity contribution in [1.29, 1.82) is 0 Å². The van der Waals surface area contributed by atoms with Gasteiger partial charge in [-0.2, -0.15) is 0 Å². The molecule has 2 N–H and O–H groups in total. The standard InChI is InChI=1S/C15H20BFO4.C9H10BFO4/c1-10(18)19-9-11-8-12(17)6-7-13(11)16-20-14(2,3)15(4,5)21-16;1-6(12)15-5-7-4-8(11)2-3-9(7)10(13)14/h6-8H,9H2,1-5H3;2-4,13-14H,5H2,1H3. The largest absolute Gasteiger partial charge is 0.495 e. The molecule has 194 valence electrons. The SMILES string of the molecule is CC(=O)OCc1cc(F)ccc1B(O)O.CC(=O)OCc1cc(F)ccc1B1OC(C)(C)C(C)(C)O1. The second kappa shape index (κ2) is 12.0. The number of benzene rings is 2. The van der Waals surface area contributed by atoms with Gasteiger partial charge in [-0.25, -0.2) is 8.78 Å². The van der Waals surface area contributed by atoms with E-state index >= 15 is 0 Å². The quantitative estimate of drug-likeness (QED) is 0.451. The third-order valence-corrected chi connectivity index (χ3v) is 5.86. The summed E-state index contributed by atoms with van der Waals surface area (Å²) >= 11 is 0. The van der Waals surface area contributed by atoms with Crippen molar-refractivity contribution < 1.29 is 47.2 Å². The summed E-state index contributed by atoms with van der Waals surface area (Å²) in [5.41, 5.74) is 0.619. The van der Waals surface area contributed by atoms with Crippen molar-refractivity contribution in [3.8, 4) is 0 Å². The maximum atomic E-state index is 13.4. The van der Waals surface area contributed by atoms with Gasteiger partial charge in [0.1, 0.15) is 24.8 Å². The van der Waals surface area contributed by atoms with Crippen molar-refractivity contribution in [2.75, 3.05) is 0 Å². The highest BCUT2D eigenvalue weighted by Crippen LogP contribution is 2.36. The Morgan fingerprint density at radius 1 is 0.861 bits per heavy atom. The molecule has 2 aromatic carbocycles. The molecule has 36 heavy (non-hydrogen) atoms. The molecule has 1 aliphatic heterocycles. The number of halogens is 2. The van der Waals surface area contributed by atoms with Crippen LogP contribution in [0.5, 0.6) is 0 Å². The van der Waals surface area contributed by atoms with Gasteiger partial charge in [0.25, 0.3) is 0 Å². The lowest BCUT2D eigenvalue weighted by atomic mass is 9.76. The Hall–Kier alpha value is -2.79. The summed E-state index contributed by atoms with van der Waals surface area (Å²) in [5, 5.41) is 17.9. The van der Waals surface area contributed by atoms with Crippen LogP contribution in [0.1, 0.15) is 52.7 Å². The minimum absolute atomic E-state index is 0.00744. The van der Waals surface area contributed by atoms with Gasteiger partial charge in [0.2, 0.25) is 0 Å². The Morgan fingerprint density at radius 2 is 1.31 bits per heavy atom. The number of rotatable bonds is 6. The predicted octanol–water partition coefficient (Wildman–Crippen LogP) is 1.76. The average molecular weight is 506 g/mol. The lowest BCUT2D eigenvalue weighted by Crippen LogP contribution is -2.41. The van der Waals surface area contributed by atoms with E-state index in [0.717, 1.165) is 12.1 Å². The Morgan fingerprint density at radius 3 is 1.78 bits per heavy atom. The normalized spacial score (nSPS) is 15.6. The minimum atomic E-state index is -1.71. The topological polar surface area (TPSA) is 112 Å². The molecule has 0 bridgehead atoms. The molecule has 0 radical (unpaired) electrons. The molecule has 8 nitrogen and oxygen atoms in total. The summed E-state index contributed by atoms with van der Waals surface area (Å²) in [6, 6.07) is 7.72. The molecule has 0 amide bonds. The zero-order valence-electron chi connectivity index (χ0n) is 21.1. The fourth-order valence-corrected chi connectivity index (χ4v) is 3.21. The lowest BCUT2D eigenvalue weighted by molar-refractivity contribution is -0.143. The molecule has 0 aliphatic carbocycles. The summed E-state index contributed by atoms with van der Waals surface area (Å²) < 4.78 is 47.8. The molecular formula is C24H30B2F2O8. The molecule has 0 spiro atoms. The highest BCUT2D eigenvalue weighted by Gasteiger charge is 2.52. The minimum Gasteiger partial charge on any atom is -0.461 e. The van der Waals surface area contributed by atoms with Gasteiger partial charge in [-0.15, -0.1) is 0 Å². The van der Waals surface area contributed by atoms with E-state index < -0.39 is 49.0 Å². The average Bonchev–Trinajstić information content (AvgIpc) is 2.97. The van der Waals surface area contributed by atoms with E-state index in [4.69, 9.17) is 24.1 Å². The van der Waals surface area contributed by atoms with Gasteiger partial charge in [-0.3, -0.25) is 9.59 Å². The summed E-state index contributed by atoms with van der Waals surface area (Å²) in [7, 11) is -2.32. The number of hydrogen-bond donors (Lipinski definition) is 2. The third kappa shape index (κ3) is 7.86. The van der Waals surface area contributed by atoms with E-state index in [1.807, 2.05) is 27.7 Å². The van der Waals surface area contributed by atoms with Crippen LogP contribution in [0.2, 0.25) is 0 Å². The van der Waals surface area contributed by atoms with Crippen molar-refractivity contribution in [1.82, 2.24) is 0 Å². The molecule has 0 unspecified atom stereocenters. The fourth-order valence-electron chi connectivity index (χ4n) is 3.21. The first-order chi connectivity index (χ1) is 16.6. The van der Waals surface area contributed by atoms with Gasteiger partial charge in [0.15, 0.2) is 0 Å². The van der Waals surface area contributed by atoms with Crippen LogP contribution in [-0.4, -0.2) is 47.4 Å². The molecule has 0 aromatic heterocycles. The summed E-state index contributed by atoms with van der Waals surface area (Å²) in [4.78, 5) is 21.5. The van der Waals surface area contributed by atoms with Crippen molar-refractivity contribution >= 4 is 37.1 Å². The van der Waals surface area contributed by atoms with Crippen molar-refractivity contribution in [2.45, 2.75) is 66.0 Å². The molecule has 2 aromatic rings. The molecule has 1 saturated heterocycles. The third-order valence-electron chi connectivity index (χ3n) is 5.86. The monoisotopic (exact) mass is 506 g/mol. The van der Waals surface area contributed by atoms with E-state index in [-0.39, 0.29) is 24.2 Å². The first-order valence-corrected chi connectivity index (χ1v) is 11.2. The van der Waals surface area contributed by atoms with Crippen LogP contribution < -0.4 is 10.9 Å². The van der Waals surface area contributed by atoms with Crippen LogP contribution in [0, 0.1) is 11.6 Å². The van der Waals surface area contributed by atoms with Crippen molar-refractivity contribution in [3.63, 3.8) is 0 Å². The van der Waals surface area contributed by atoms with Gasteiger partial charge in [-0.05, 0) is 74.0 Å². The summed E-state index contributed by atoms with van der Waals surface area (Å²) in [6.07, 6.45) is 0. The van der Waals surface area contributed by atoms with Crippen LogP contribution in [-0.2, 0) is 41.6 Å². The van der Waals surface area contributed by atoms with Crippen LogP contribution in [0.3, 0.4) is 0 Å². The molecule has 12 heteroatoms. The molecule has 1 fully saturated rings. The van der Waals surface area contributed by atoms with Crippen LogP contribution in [0.15, 0.2) is 36.4 Å². The van der Waals surface area contributed by atoms with E-state index in [1.165, 1.54) is 32.0 Å². The molecule has 1 aliphatic rings. The Labute approximate surface area is 209 Å². The second-order valence-corrected chi connectivity index (χ2v) is 9.21. The van der Waals surface area contributed by atoms with Gasteiger partial charge in [0, 0.05) is 13.8 Å². The molecule has 1 heterocycles. The molecule has 0 saturated carbocycles. The Kier molecular flexibility index (Phi) is 9.78. The van der Waals surface area contributed by atoms with E-state index in [0.29, 0.717) is 11.0 Å². The van der Waals surface area contributed by atoms with Gasteiger partial charge in [-0.1, -0.05) is 12.1 Å². The highest BCUT2D eigenvalue weighted by molar-refractivity contribution is 6.62. The van der Waals surface area contributed by atoms with Crippen LogP contribution >= 0.6 is 0 Å². The fraction of sp³-hybridized carbons (Fsp3) is 0.417. The first kappa shape index (κ1) is 29.4. The second-order valence-electron chi connectivity index (χ2n) is 9.21. The van der Waals surface area contributed by atoms with Gasteiger partial charge >= 0.3 is 26.2 Å². The lowest BCUT2D eigenvalue weighted by Gasteiger charge is -2.32. The van der Waals surface area contributed by atoms with E-state index in [2.05, 4.69) is 4.74 Å². The zero-order chi connectivity index (χ0) is 27.3. The van der Waals surface area contributed by atoms with Crippen LogP contribution in [0.25, 0.3) is 0 Å². The summed E-state index contributed by atoms with van der Waals surface area (Å²) in [5.74, 6) is -1.85. The van der Waals surface area contributed by atoms with E-state index in [1.54, 1.807) is 6.07 Å². The Bertz CT molecular complexity index is 1080. The highest BCUT2D eigenvalue weighted by atomic mass is 19.1. The number of carbonyl (C=O) groups is 2. The first-order valence-electron chi connectivity index (χ1n) is 11.2. The number of hydrogen-bond acceptors (Lipinski definition) is 8. The predicted molar refractivity (Wildman–Crippen MR) is 129 cm³/mol. The van der Waals surface area contributed by atoms with Gasteiger partial charge < -0.3 is 28.8 Å². The smallest absolute Gasteiger partial charge is 0.461 e. The van der Waals surface area contributed by atoms with Gasteiger partial charge in [0.05, 0.1) is 11.2 Å². The maximum Gasteiger partial charge on any atom is 0.495 e. The molecular weight excluding hydrogens is 476 g/mol. The maximum absolute atomic E-state index is 13.4. The van der Waals surface area contributed by atoms with E-state index in [9.17, 15) is 18.4 Å². The number of carbonyl (C=O) groups excluding carboxylic acids is 2. The molecule has 0 atom stereocenters. The van der Waals surface area contributed by atoms with Crippen LogP contribution in [0.4, 0.5) is 8.78 Å². The zero-order valence-corrected chi connectivity index (χ0v) is 21.1. The van der Waals surface area contributed by atoms with Crippen molar-refractivity contribution in [3.05, 3.63) is 59.2 Å². The number of esters is 2. The molecule has 3 rings (SSSR count). The van der Waals surface area contributed by atoms with Crippen molar-refractivity contribution in [2.24, 2.45) is 0 Å². The number of ether oxygens (including phenoxy) is 2. The Balaban J connectivity index is 0.000000269.